The van der Waals surface area contributed by atoms with Gasteiger partial charge in [0, 0.05) is 12.4 Å². The van der Waals surface area contributed by atoms with Gasteiger partial charge >= 0.3 is 0 Å². The average Bonchev–Trinajstić information content (AvgIpc) is 2.95. The van der Waals surface area contributed by atoms with Crippen molar-refractivity contribution in [1.82, 2.24) is 4.57 Å². The van der Waals surface area contributed by atoms with Crippen LogP contribution in [0.15, 0.2) is 77.1 Å². The van der Waals surface area contributed by atoms with E-state index < -0.39 is 0 Å². The number of aromatic nitrogens is 1. The number of rotatable bonds is 2. The molecule has 0 atom stereocenters. The van der Waals surface area contributed by atoms with Crippen LogP contribution in [-0.4, -0.2) is 4.57 Å². The van der Waals surface area contributed by atoms with E-state index in [1.807, 2.05) is 12.1 Å². The maximum absolute atomic E-state index is 4.79. The van der Waals surface area contributed by atoms with E-state index in [-0.39, 0.29) is 0 Å². The summed E-state index contributed by atoms with van der Waals surface area (Å²) < 4.78 is 2.16. The van der Waals surface area contributed by atoms with Crippen molar-refractivity contribution in [1.29, 1.82) is 0 Å². The van der Waals surface area contributed by atoms with E-state index in [1.165, 1.54) is 27.6 Å². The molecule has 118 valence electrons. The van der Waals surface area contributed by atoms with Crippen LogP contribution in [0.4, 0.5) is 5.69 Å². The molecule has 3 heteroatoms. The van der Waals surface area contributed by atoms with E-state index in [1.54, 1.807) is 11.3 Å². The number of thiazole rings is 1. The lowest BCUT2D eigenvalue weighted by Crippen LogP contribution is -2.10. The Morgan fingerprint density at radius 3 is 2.54 bits per heavy atom. The quantitative estimate of drug-likeness (QED) is 0.465. The summed E-state index contributed by atoms with van der Waals surface area (Å²) in [5.41, 5.74) is 4.64. The van der Waals surface area contributed by atoms with Crippen molar-refractivity contribution in [2.24, 2.45) is 12.0 Å². The number of hydrogen-bond acceptors (Lipinski definition) is 2. The van der Waals surface area contributed by atoms with E-state index in [0.29, 0.717) is 0 Å². The van der Waals surface area contributed by atoms with Gasteiger partial charge in [-0.15, -0.1) is 11.3 Å². The van der Waals surface area contributed by atoms with E-state index >= 15 is 0 Å². The minimum Gasteiger partial charge on any atom is -0.320 e. The highest BCUT2D eigenvalue weighted by Gasteiger charge is 2.06. The minimum atomic E-state index is 0.998. The third-order valence-corrected chi connectivity index (χ3v) is 5.11. The second-order valence-electron chi connectivity index (χ2n) is 5.98. The zero-order chi connectivity index (χ0) is 16.5. The Kier molecular flexibility index (Phi) is 3.79. The fourth-order valence-electron chi connectivity index (χ4n) is 2.89. The largest absolute Gasteiger partial charge is 0.320 e. The number of nitrogens with zero attached hydrogens (tertiary/aromatic N) is 2. The Morgan fingerprint density at radius 1 is 0.875 bits per heavy atom. The number of fused-ring (bicyclic) bond motifs is 1. The molecule has 0 saturated carbocycles. The summed E-state index contributed by atoms with van der Waals surface area (Å²) in [6, 6.07) is 23.4. The Labute approximate surface area is 145 Å². The monoisotopic (exact) mass is 330 g/mol. The molecule has 0 amide bonds. The SMILES string of the molecule is Cc1cccc(N=c2scc(-c3ccc4ccccc4c3)n2C)c1. The molecule has 0 aliphatic rings. The molecule has 0 fully saturated rings. The molecule has 1 aromatic heterocycles. The molecule has 24 heavy (non-hydrogen) atoms. The highest BCUT2D eigenvalue weighted by Crippen LogP contribution is 2.24. The molecule has 0 unspecified atom stereocenters. The van der Waals surface area contributed by atoms with Gasteiger partial charge in [-0.3, -0.25) is 0 Å². The fraction of sp³-hybridized carbons (Fsp3) is 0.0952. The van der Waals surface area contributed by atoms with Gasteiger partial charge in [-0.05, 0) is 47.0 Å². The maximum Gasteiger partial charge on any atom is 0.190 e. The van der Waals surface area contributed by atoms with Crippen molar-refractivity contribution < 1.29 is 0 Å². The predicted molar refractivity (Wildman–Crippen MR) is 103 cm³/mol. The van der Waals surface area contributed by atoms with E-state index in [9.17, 15) is 0 Å². The lowest BCUT2D eigenvalue weighted by molar-refractivity contribution is 0.883. The fourth-order valence-corrected chi connectivity index (χ4v) is 3.82. The zero-order valence-electron chi connectivity index (χ0n) is 13.7. The summed E-state index contributed by atoms with van der Waals surface area (Å²) >= 11 is 1.67. The minimum absolute atomic E-state index is 0.998. The van der Waals surface area contributed by atoms with Gasteiger partial charge in [0.05, 0.1) is 11.4 Å². The van der Waals surface area contributed by atoms with E-state index in [0.717, 1.165) is 10.5 Å². The summed E-state index contributed by atoms with van der Waals surface area (Å²) in [5.74, 6) is 0. The standard InChI is InChI=1S/C21H18N2S/c1-15-6-5-9-19(12-15)22-21-23(2)20(14-24-21)18-11-10-16-7-3-4-8-17(16)13-18/h3-14H,1-2H3. The molecule has 3 aromatic carbocycles. The van der Waals surface area contributed by atoms with Crippen molar-refractivity contribution in [3.8, 4) is 11.3 Å². The van der Waals surface area contributed by atoms with Crippen LogP contribution in [0, 0.1) is 6.92 Å². The van der Waals surface area contributed by atoms with Gasteiger partial charge in [0.2, 0.25) is 0 Å². The third kappa shape index (κ3) is 2.79. The first-order chi connectivity index (χ1) is 11.7. The van der Waals surface area contributed by atoms with Crippen LogP contribution in [0.25, 0.3) is 22.0 Å². The molecule has 0 N–H and O–H groups in total. The highest BCUT2D eigenvalue weighted by atomic mass is 32.1. The van der Waals surface area contributed by atoms with E-state index in [4.69, 9.17) is 4.99 Å². The van der Waals surface area contributed by atoms with Crippen LogP contribution in [0.3, 0.4) is 0 Å². The normalized spacial score (nSPS) is 12.0. The molecule has 0 aliphatic heterocycles. The maximum atomic E-state index is 4.79. The van der Waals surface area contributed by atoms with Crippen LogP contribution in [-0.2, 0) is 7.05 Å². The van der Waals surface area contributed by atoms with Crippen molar-refractivity contribution in [2.75, 3.05) is 0 Å². The molecule has 4 aromatic rings. The lowest BCUT2D eigenvalue weighted by Gasteiger charge is -2.05. The molecule has 0 radical (unpaired) electrons. The molecular formula is C21H18N2S. The second kappa shape index (κ2) is 6.10. The van der Waals surface area contributed by atoms with Gasteiger partial charge in [-0.2, -0.15) is 0 Å². The average molecular weight is 330 g/mol. The number of aryl methyl sites for hydroxylation is 1. The van der Waals surface area contributed by atoms with Gasteiger partial charge in [-0.1, -0.05) is 48.5 Å². The topological polar surface area (TPSA) is 17.3 Å². The van der Waals surface area contributed by atoms with Crippen molar-refractivity contribution >= 4 is 27.8 Å². The molecule has 0 aliphatic carbocycles. The van der Waals surface area contributed by atoms with Gasteiger partial charge in [0.15, 0.2) is 4.80 Å². The van der Waals surface area contributed by atoms with Crippen LogP contribution in [0.2, 0.25) is 0 Å². The van der Waals surface area contributed by atoms with Crippen molar-refractivity contribution in [2.45, 2.75) is 6.92 Å². The summed E-state index contributed by atoms with van der Waals surface area (Å²) in [5, 5.41) is 4.71. The number of benzene rings is 3. The molecule has 0 bridgehead atoms. The Balaban J connectivity index is 1.81. The van der Waals surface area contributed by atoms with Gasteiger partial charge in [0.1, 0.15) is 0 Å². The van der Waals surface area contributed by atoms with Crippen LogP contribution < -0.4 is 4.80 Å². The lowest BCUT2D eigenvalue weighted by atomic mass is 10.1. The molecule has 0 saturated heterocycles. The first-order valence-electron chi connectivity index (χ1n) is 7.96. The van der Waals surface area contributed by atoms with Gasteiger partial charge < -0.3 is 4.57 Å². The first-order valence-corrected chi connectivity index (χ1v) is 8.84. The molecule has 4 rings (SSSR count). The van der Waals surface area contributed by atoms with Gasteiger partial charge in [-0.25, -0.2) is 4.99 Å². The van der Waals surface area contributed by atoms with E-state index in [2.05, 4.69) is 78.5 Å². The van der Waals surface area contributed by atoms with Gasteiger partial charge in [0.25, 0.3) is 0 Å². The van der Waals surface area contributed by atoms with Crippen LogP contribution in [0.5, 0.6) is 0 Å². The molecule has 0 spiro atoms. The summed E-state index contributed by atoms with van der Waals surface area (Å²) in [6.07, 6.45) is 0. The predicted octanol–water partition coefficient (Wildman–Crippen LogP) is 5.45. The van der Waals surface area contributed by atoms with Crippen LogP contribution in [0.1, 0.15) is 5.56 Å². The summed E-state index contributed by atoms with van der Waals surface area (Å²) in [6.45, 7) is 2.09. The highest BCUT2D eigenvalue weighted by molar-refractivity contribution is 7.07. The zero-order valence-corrected chi connectivity index (χ0v) is 14.5. The Bertz CT molecular complexity index is 1090. The number of hydrogen-bond donors (Lipinski definition) is 0. The second-order valence-corrected chi connectivity index (χ2v) is 6.81. The van der Waals surface area contributed by atoms with Crippen molar-refractivity contribution in [3.05, 3.63) is 82.5 Å². The Morgan fingerprint density at radius 2 is 1.71 bits per heavy atom. The molecular weight excluding hydrogens is 312 g/mol. The van der Waals surface area contributed by atoms with Crippen molar-refractivity contribution in [3.63, 3.8) is 0 Å². The Hall–Kier alpha value is -2.65. The first kappa shape index (κ1) is 14.9. The summed E-state index contributed by atoms with van der Waals surface area (Å²) in [4.78, 5) is 5.79. The summed E-state index contributed by atoms with van der Waals surface area (Å²) in [7, 11) is 2.08. The molecule has 1 heterocycles. The smallest absolute Gasteiger partial charge is 0.190 e. The van der Waals surface area contributed by atoms with Crippen LogP contribution >= 0.6 is 11.3 Å². The third-order valence-electron chi connectivity index (χ3n) is 4.20. The molecule has 2 nitrogen and oxygen atoms in total.